The van der Waals surface area contributed by atoms with Crippen molar-refractivity contribution in [3.63, 3.8) is 0 Å². The molecule has 5 nitrogen and oxygen atoms in total. The summed E-state index contributed by atoms with van der Waals surface area (Å²) in [6, 6.07) is 14.9. The number of nitrogens with zero attached hydrogens (tertiary/aromatic N) is 2. The second-order valence-corrected chi connectivity index (χ2v) is 6.44. The minimum absolute atomic E-state index is 0.0196. The molecule has 0 spiro atoms. The van der Waals surface area contributed by atoms with Gasteiger partial charge in [0.15, 0.2) is 5.78 Å². The first kappa shape index (κ1) is 17.9. The Morgan fingerprint density at radius 2 is 1.58 bits per heavy atom. The molecule has 1 heterocycles. The van der Waals surface area contributed by atoms with Crippen LogP contribution in [0.1, 0.15) is 28.7 Å². The Morgan fingerprint density at radius 1 is 0.923 bits per heavy atom. The van der Waals surface area contributed by atoms with E-state index in [1.807, 2.05) is 44.2 Å². The number of aromatic nitrogens is 2. The molecule has 0 aliphatic carbocycles. The van der Waals surface area contributed by atoms with Gasteiger partial charge in [0.2, 0.25) is 0 Å². The van der Waals surface area contributed by atoms with Crippen LogP contribution in [-0.4, -0.2) is 15.8 Å². The SMILES string of the molecule is CC(=O)c1cccc(Nc2cc(Nc3ccc(C)c(Cl)c3)nc(C)n2)c1. The van der Waals surface area contributed by atoms with Crippen molar-refractivity contribution < 1.29 is 4.79 Å². The highest BCUT2D eigenvalue weighted by atomic mass is 35.5. The summed E-state index contributed by atoms with van der Waals surface area (Å²) in [6.07, 6.45) is 0. The third-order valence-electron chi connectivity index (χ3n) is 3.82. The lowest BCUT2D eigenvalue weighted by Crippen LogP contribution is -2.02. The van der Waals surface area contributed by atoms with Gasteiger partial charge in [-0.15, -0.1) is 0 Å². The lowest BCUT2D eigenvalue weighted by atomic mass is 10.1. The Hall–Kier alpha value is -2.92. The topological polar surface area (TPSA) is 66.9 Å². The smallest absolute Gasteiger partial charge is 0.159 e. The molecule has 3 rings (SSSR count). The van der Waals surface area contributed by atoms with Crippen LogP contribution in [0.3, 0.4) is 0 Å². The summed E-state index contributed by atoms with van der Waals surface area (Å²) in [5.41, 5.74) is 3.31. The normalized spacial score (nSPS) is 10.5. The first-order chi connectivity index (χ1) is 12.4. The predicted octanol–water partition coefficient (Wildman–Crippen LogP) is 5.44. The van der Waals surface area contributed by atoms with Crippen molar-refractivity contribution >= 4 is 40.4 Å². The van der Waals surface area contributed by atoms with Gasteiger partial charge in [0.25, 0.3) is 0 Å². The van der Waals surface area contributed by atoms with Gasteiger partial charge in [0.1, 0.15) is 17.5 Å². The van der Waals surface area contributed by atoms with E-state index in [9.17, 15) is 4.79 Å². The van der Waals surface area contributed by atoms with Gasteiger partial charge in [0.05, 0.1) is 0 Å². The van der Waals surface area contributed by atoms with Gasteiger partial charge < -0.3 is 10.6 Å². The minimum atomic E-state index is 0.0196. The second kappa shape index (κ2) is 7.54. The van der Waals surface area contributed by atoms with E-state index in [1.54, 1.807) is 25.1 Å². The van der Waals surface area contributed by atoms with Crippen LogP contribution in [0.15, 0.2) is 48.5 Å². The number of hydrogen-bond acceptors (Lipinski definition) is 5. The molecule has 2 N–H and O–H groups in total. The quantitative estimate of drug-likeness (QED) is 0.589. The van der Waals surface area contributed by atoms with Gasteiger partial charge in [-0.3, -0.25) is 4.79 Å². The van der Waals surface area contributed by atoms with Crippen molar-refractivity contribution in [1.29, 1.82) is 0 Å². The Kier molecular flexibility index (Phi) is 5.19. The lowest BCUT2D eigenvalue weighted by Gasteiger charge is -2.11. The maximum atomic E-state index is 11.5. The van der Waals surface area contributed by atoms with Crippen LogP contribution < -0.4 is 10.6 Å². The summed E-state index contributed by atoms with van der Waals surface area (Å²) >= 11 is 6.18. The van der Waals surface area contributed by atoms with Gasteiger partial charge in [-0.25, -0.2) is 9.97 Å². The summed E-state index contributed by atoms with van der Waals surface area (Å²) < 4.78 is 0. The third-order valence-corrected chi connectivity index (χ3v) is 4.23. The number of Topliss-reactive ketones (excluding diaryl/α,β-unsaturated/α-hetero) is 1. The number of halogens is 1. The number of nitrogens with one attached hydrogen (secondary N) is 2. The van der Waals surface area contributed by atoms with E-state index in [0.29, 0.717) is 28.0 Å². The first-order valence-electron chi connectivity index (χ1n) is 8.17. The molecule has 26 heavy (non-hydrogen) atoms. The van der Waals surface area contributed by atoms with E-state index < -0.39 is 0 Å². The fourth-order valence-electron chi connectivity index (χ4n) is 2.48. The molecule has 132 valence electrons. The van der Waals surface area contributed by atoms with Gasteiger partial charge >= 0.3 is 0 Å². The van der Waals surface area contributed by atoms with E-state index in [4.69, 9.17) is 11.6 Å². The van der Waals surface area contributed by atoms with Gasteiger partial charge in [-0.2, -0.15) is 0 Å². The van der Waals surface area contributed by atoms with Crippen molar-refractivity contribution in [3.8, 4) is 0 Å². The molecule has 6 heteroatoms. The maximum absolute atomic E-state index is 11.5. The zero-order valence-corrected chi connectivity index (χ0v) is 15.6. The number of ketones is 1. The molecule has 1 aromatic heterocycles. The zero-order chi connectivity index (χ0) is 18.7. The predicted molar refractivity (Wildman–Crippen MR) is 106 cm³/mol. The fourth-order valence-corrected chi connectivity index (χ4v) is 2.66. The van der Waals surface area contributed by atoms with Crippen LogP contribution >= 0.6 is 11.6 Å². The van der Waals surface area contributed by atoms with Crippen molar-refractivity contribution in [3.05, 3.63) is 70.5 Å². The molecule has 0 fully saturated rings. The third kappa shape index (κ3) is 4.37. The van der Waals surface area contributed by atoms with Crippen LogP contribution in [-0.2, 0) is 0 Å². The Labute approximate surface area is 157 Å². The largest absolute Gasteiger partial charge is 0.340 e. The Bertz CT molecular complexity index is 972. The number of aryl methyl sites for hydroxylation is 2. The van der Waals surface area contributed by atoms with E-state index in [2.05, 4.69) is 20.6 Å². The molecule has 0 unspecified atom stereocenters. The number of rotatable bonds is 5. The van der Waals surface area contributed by atoms with Crippen LogP contribution in [0.2, 0.25) is 5.02 Å². The van der Waals surface area contributed by atoms with E-state index in [0.717, 1.165) is 16.9 Å². The molecule has 0 radical (unpaired) electrons. The van der Waals surface area contributed by atoms with Crippen molar-refractivity contribution in [2.24, 2.45) is 0 Å². The Balaban J connectivity index is 1.84. The molecule has 0 aliphatic rings. The summed E-state index contributed by atoms with van der Waals surface area (Å²) in [6.45, 7) is 5.32. The average Bonchev–Trinajstić information content (AvgIpc) is 2.58. The van der Waals surface area contributed by atoms with Crippen LogP contribution in [0.5, 0.6) is 0 Å². The second-order valence-electron chi connectivity index (χ2n) is 6.04. The van der Waals surface area contributed by atoms with Gasteiger partial charge in [0, 0.05) is 28.0 Å². The van der Waals surface area contributed by atoms with Crippen molar-refractivity contribution in [2.75, 3.05) is 10.6 Å². The number of carbonyl (C=O) groups is 1. The van der Waals surface area contributed by atoms with Crippen molar-refractivity contribution in [2.45, 2.75) is 20.8 Å². The average molecular weight is 367 g/mol. The van der Waals surface area contributed by atoms with Crippen molar-refractivity contribution in [1.82, 2.24) is 9.97 Å². The highest BCUT2D eigenvalue weighted by Crippen LogP contribution is 2.24. The highest BCUT2D eigenvalue weighted by molar-refractivity contribution is 6.31. The monoisotopic (exact) mass is 366 g/mol. The molecule has 3 aromatic rings. The molecule has 0 saturated heterocycles. The zero-order valence-electron chi connectivity index (χ0n) is 14.8. The Morgan fingerprint density at radius 3 is 2.19 bits per heavy atom. The molecule has 0 bridgehead atoms. The summed E-state index contributed by atoms with van der Waals surface area (Å²) in [5, 5.41) is 7.15. The van der Waals surface area contributed by atoms with Gasteiger partial charge in [-0.05, 0) is 50.6 Å². The maximum Gasteiger partial charge on any atom is 0.159 e. The standard InChI is InChI=1S/C20H19ClN4O/c1-12-7-8-17(10-18(12)21)25-20-11-19(22-14(3)23-20)24-16-6-4-5-15(9-16)13(2)26/h4-11H,1-3H3,(H2,22,23,24,25). The van der Waals surface area contributed by atoms with Crippen LogP contribution in [0.4, 0.5) is 23.0 Å². The molecule has 0 atom stereocenters. The molecular weight excluding hydrogens is 348 g/mol. The lowest BCUT2D eigenvalue weighted by molar-refractivity contribution is 0.101. The number of anilines is 4. The van der Waals surface area contributed by atoms with E-state index >= 15 is 0 Å². The fraction of sp³-hybridized carbons (Fsp3) is 0.150. The summed E-state index contributed by atoms with van der Waals surface area (Å²) in [7, 11) is 0. The highest BCUT2D eigenvalue weighted by Gasteiger charge is 2.06. The van der Waals surface area contributed by atoms with Crippen LogP contribution in [0, 0.1) is 13.8 Å². The molecule has 0 amide bonds. The number of hydrogen-bond donors (Lipinski definition) is 2. The number of carbonyl (C=O) groups excluding carboxylic acids is 1. The van der Waals surface area contributed by atoms with Gasteiger partial charge in [-0.1, -0.05) is 29.8 Å². The van der Waals surface area contributed by atoms with E-state index in [-0.39, 0.29) is 5.78 Å². The van der Waals surface area contributed by atoms with Crippen LogP contribution in [0.25, 0.3) is 0 Å². The summed E-state index contributed by atoms with van der Waals surface area (Å²) in [5.74, 6) is 1.94. The van der Waals surface area contributed by atoms with E-state index in [1.165, 1.54) is 0 Å². The molecule has 2 aromatic carbocycles. The molecular formula is C20H19ClN4O. The first-order valence-corrected chi connectivity index (χ1v) is 8.55. The summed E-state index contributed by atoms with van der Waals surface area (Å²) in [4.78, 5) is 20.4. The number of benzene rings is 2. The minimum Gasteiger partial charge on any atom is -0.340 e. The molecule has 0 aliphatic heterocycles. The molecule has 0 saturated carbocycles.